The van der Waals surface area contributed by atoms with Crippen molar-refractivity contribution in [2.24, 2.45) is 0 Å². The Kier molecular flexibility index (Phi) is 5.26. The Hall–Kier alpha value is -2.73. The molecule has 0 atom stereocenters. The summed E-state index contributed by atoms with van der Waals surface area (Å²) >= 11 is 5.09. The Bertz CT molecular complexity index is 943. The number of thiocarbonyl (C=S) groups is 1. The lowest BCUT2D eigenvalue weighted by Gasteiger charge is -2.42. The van der Waals surface area contributed by atoms with Crippen molar-refractivity contribution < 1.29 is 9.59 Å². The molecule has 1 aromatic rings. The summed E-state index contributed by atoms with van der Waals surface area (Å²) in [6.45, 7) is 13.4. The first-order chi connectivity index (χ1) is 13.2. The monoisotopic (exact) mass is 395 g/mol. The number of allylic oxidation sites excluding steroid dienone is 1. The predicted octanol–water partition coefficient (Wildman–Crippen LogP) is 3.52. The van der Waals surface area contributed by atoms with Crippen molar-refractivity contribution in [1.82, 2.24) is 10.2 Å². The van der Waals surface area contributed by atoms with Crippen LogP contribution in [0, 0.1) is 0 Å². The van der Waals surface area contributed by atoms with Gasteiger partial charge in [0.1, 0.15) is 5.57 Å². The van der Waals surface area contributed by atoms with Gasteiger partial charge >= 0.3 is 0 Å². The summed E-state index contributed by atoms with van der Waals surface area (Å²) in [5, 5.41) is 2.68. The quantitative estimate of drug-likeness (QED) is 0.367. The highest BCUT2D eigenvalue weighted by atomic mass is 32.1. The van der Waals surface area contributed by atoms with E-state index in [9.17, 15) is 9.59 Å². The van der Waals surface area contributed by atoms with Gasteiger partial charge in [-0.25, -0.2) is 0 Å². The zero-order chi connectivity index (χ0) is 20.6. The molecule has 2 heterocycles. The fourth-order valence-corrected chi connectivity index (χ4v) is 4.17. The molecule has 0 radical (unpaired) electrons. The zero-order valence-electron chi connectivity index (χ0n) is 16.7. The molecule has 2 aliphatic heterocycles. The van der Waals surface area contributed by atoms with Crippen molar-refractivity contribution in [2.75, 3.05) is 18.0 Å². The number of anilines is 1. The Morgan fingerprint density at radius 3 is 2.64 bits per heavy atom. The number of benzene rings is 1. The number of likely N-dealkylation sites (N-methyl/N-ethyl adjacent to an activating group) is 1. The molecule has 0 saturated carbocycles. The number of carbonyl (C=O) groups excluding carboxylic acids is 2. The SMILES string of the molecule is C=CCN1C(=O)/C(=C/c2ccc3c(c2)C(C)=CC(C)(C)N3CC)C(=O)NC1=S. The van der Waals surface area contributed by atoms with E-state index >= 15 is 0 Å². The number of amides is 2. The summed E-state index contributed by atoms with van der Waals surface area (Å²) in [7, 11) is 0. The molecule has 6 heteroatoms. The molecule has 28 heavy (non-hydrogen) atoms. The first kappa shape index (κ1) is 20.0. The van der Waals surface area contributed by atoms with Crippen LogP contribution in [0.15, 0.2) is 42.5 Å². The average Bonchev–Trinajstić information content (AvgIpc) is 2.62. The summed E-state index contributed by atoms with van der Waals surface area (Å²) in [6.07, 6.45) is 5.45. The van der Waals surface area contributed by atoms with Crippen molar-refractivity contribution in [1.29, 1.82) is 0 Å². The molecular formula is C22H25N3O2S. The van der Waals surface area contributed by atoms with Crippen LogP contribution in [-0.4, -0.2) is 40.5 Å². The number of fused-ring (bicyclic) bond motifs is 1. The van der Waals surface area contributed by atoms with E-state index < -0.39 is 11.8 Å². The van der Waals surface area contributed by atoms with Gasteiger partial charge in [-0.15, -0.1) is 6.58 Å². The van der Waals surface area contributed by atoms with Crippen LogP contribution < -0.4 is 10.2 Å². The number of carbonyl (C=O) groups is 2. The lowest BCUT2D eigenvalue weighted by molar-refractivity contribution is -0.128. The first-order valence-electron chi connectivity index (χ1n) is 9.31. The molecule has 1 N–H and O–H groups in total. The van der Waals surface area contributed by atoms with Gasteiger partial charge < -0.3 is 4.90 Å². The fraction of sp³-hybridized carbons (Fsp3) is 0.318. The lowest BCUT2D eigenvalue weighted by Crippen LogP contribution is -2.53. The zero-order valence-corrected chi connectivity index (χ0v) is 17.5. The van der Waals surface area contributed by atoms with Crippen LogP contribution in [-0.2, 0) is 9.59 Å². The van der Waals surface area contributed by atoms with Crippen LogP contribution in [0.4, 0.5) is 5.69 Å². The average molecular weight is 396 g/mol. The van der Waals surface area contributed by atoms with E-state index in [0.29, 0.717) is 0 Å². The fourth-order valence-electron chi connectivity index (χ4n) is 3.92. The summed E-state index contributed by atoms with van der Waals surface area (Å²) in [5.41, 5.74) is 4.25. The highest BCUT2D eigenvalue weighted by Crippen LogP contribution is 2.39. The third-order valence-electron chi connectivity index (χ3n) is 5.13. The van der Waals surface area contributed by atoms with Gasteiger partial charge in [0.05, 0.1) is 5.54 Å². The Morgan fingerprint density at radius 1 is 1.29 bits per heavy atom. The van der Waals surface area contributed by atoms with Gasteiger partial charge in [-0.2, -0.15) is 0 Å². The van der Waals surface area contributed by atoms with Crippen LogP contribution in [0.5, 0.6) is 0 Å². The maximum Gasteiger partial charge on any atom is 0.265 e. The second kappa shape index (κ2) is 7.36. The normalized spacial score (nSPS) is 20.1. The van der Waals surface area contributed by atoms with E-state index in [4.69, 9.17) is 12.2 Å². The number of hydrogen-bond acceptors (Lipinski definition) is 4. The van der Waals surface area contributed by atoms with E-state index in [1.54, 1.807) is 12.2 Å². The Labute approximate surface area is 171 Å². The lowest BCUT2D eigenvalue weighted by atomic mass is 9.88. The molecule has 5 nitrogen and oxygen atoms in total. The van der Waals surface area contributed by atoms with E-state index in [1.807, 2.05) is 12.1 Å². The molecule has 2 amide bonds. The Balaban J connectivity index is 2.03. The van der Waals surface area contributed by atoms with Gasteiger partial charge in [-0.3, -0.25) is 19.8 Å². The van der Waals surface area contributed by atoms with Crippen LogP contribution >= 0.6 is 12.2 Å². The molecule has 0 unspecified atom stereocenters. The van der Waals surface area contributed by atoms with Gasteiger partial charge in [0.15, 0.2) is 5.11 Å². The summed E-state index contributed by atoms with van der Waals surface area (Å²) in [6, 6.07) is 6.02. The highest BCUT2D eigenvalue weighted by molar-refractivity contribution is 7.80. The minimum atomic E-state index is -0.475. The Morgan fingerprint density at radius 2 is 2.00 bits per heavy atom. The van der Waals surface area contributed by atoms with E-state index in [2.05, 4.69) is 56.6 Å². The molecule has 0 aromatic heterocycles. The standard InChI is InChI=1S/C22H25N3O2S/c1-6-10-24-20(27)17(19(26)23-21(24)28)12-15-8-9-18-16(11-15)14(3)13-22(4,5)25(18)7-2/h6,8-9,11-13H,1,7,10H2,2-5H3,(H,23,26,28)/b17-12+. The smallest absolute Gasteiger partial charge is 0.265 e. The van der Waals surface area contributed by atoms with E-state index in [-0.39, 0.29) is 22.8 Å². The minimum Gasteiger partial charge on any atom is -0.363 e. The number of rotatable bonds is 4. The third kappa shape index (κ3) is 3.40. The molecular weight excluding hydrogens is 370 g/mol. The molecule has 1 aromatic carbocycles. The third-order valence-corrected chi connectivity index (χ3v) is 5.45. The molecule has 0 spiro atoms. The van der Waals surface area contributed by atoms with Gasteiger partial charge in [-0.05, 0) is 69.3 Å². The summed E-state index contributed by atoms with van der Waals surface area (Å²) in [5.74, 6) is -0.883. The number of hydrogen-bond donors (Lipinski definition) is 1. The van der Waals surface area contributed by atoms with Crippen molar-refractivity contribution in [3.05, 3.63) is 53.6 Å². The minimum absolute atomic E-state index is 0.0636. The van der Waals surface area contributed by atoms with Crippen LogP contribution in [0.1, 0.15) is 38.8 Å². The number of nitrogens with zero attached hydrogens (tertiary/aromatic N) is 2. The molecule has 0 aliphatic carbocycles. The second-order valence-corrected chi connectivity index (χ2v) is 7.91. The number of nitrogens with one attached hydrogen (secondary N) is 1. The van der Waals surface area contributed by atoms with E-state index in [0.717, 1.165) is 23.4 Å². The predicted molar refractivity (Wildman–Crippen MR) is 118 cm³/mol. The summed E-state index contributed by atoms with van der Waals surface area (Å²) in [4.78, 5) is 28.7. The van der Waals surface area contributed by atoms with Crippen molar-refractivity contribution in [3.63, 3.8) is 0 Å². The summed E-state index contributed by atoms with van der Waals surface area (Å²) < 4.78 is 0. The van der Waals surface area contributed by atoms with Gasteiger partial charge in [-0.1, -0.05) is 18.2 Å². The molecule has 1 fully saturated rings. The maximum atomic E-state index is 12.7. The van der Waals surface area contributed by atoms with Gasteiger partial charge in [0.25, 0.3) is 11.8 Å². The highest BCUT2D eigenvalue weighted by Gasteiger charge is 2.33. The molecule has 146 valence electrons. The van der Waals surface area contributed by atoms with Crippen LogP contribution in [0.2, 0.25) is 0 Å². The molecule has 3 rings (SSSR count). The second-order valence-electron chi connectivity index (χ2n) is 7.52. The van der Waals surface area contributed by atoms with Crippen molar-refractivity contribution >= 4 is 46.5 Å². The first-order valence-corrected chi connectivity index (χ1v) is 9.71. The maximum absolute atomic E-state index is 12.7. The van der Waals surface area contributed by atoms with Gasteiger partial charge in [0.2, 0.25) is 0 Å². The van der Waals surface area contributed by atoms with Crippen molar-refractivity contribution in [2.45, 2.75) is 33.2 Å². The molecule has 1 saturated heterocycles. The van der Waals surface area contributed by atoms with Gasteiger partial charge in [0, 0.05) is 24.3 Å². The van der Waals surface area contributed by atoms with Crippen LogP contribution in [0.25, 0.3) is 11.6 Å². The topological polar surface area (TPSA) is 52.7 Å². The molecule has 2 aliphatic rings. The molecule has 0 bridgehead atoms. The van der Waals surface area contributed by atoms with Crippen LogP contribution in [0.3, 0.4) is 0 Å². The van der Waals surface area contributed by atoms with Crippen molar-refractivity contribution in [3.8, 4) is 0 Å². The van der Waals surface area contributed by atoms with E-state index in [1.165, 1.54) is 10.5 Å². The largest absolute Gasteiger partial charge is 0.363 e.